The van der Waals surface area contributed by atoms with Crippen LogP contribution in [0.15, 0.2) is 89.4 Å². The van der Waals surface area contributed by atoms with Gasteiger partial charge in [-0.15, -0.1) is 0 Å². The number of hydrogen-bond donors (Lipinski definition) is 1. The molecular formula is C31H35BrN2O2S. The van der Waals surface area contributed by atoms with Crippen molar-refractivity contribution < 1.29 is 9.59 Å². The largest absolute Gasteiger partial charge is 0.352 e. The molecule has 0 saturated heterocycles. The summed E-state index contributed by atoms with van der Waals surface area (Å²) in [6.45, 7) is 0.408. The van der Waals surface area contributed by atoms with Gasteiger partial charge in [-0.25, -0.2) is 0 Å². The molecule has 3 aromatic rings. The van der Waals surface area contributed by atoms with Gasteiger partial charge in [-0.1, -0.05) is 102 Å². The van der Waals surface area contributed by atoms with Gasteiger partial charge in [0.05, 0.1) is 0 Å². The molecule has 3 aromatic carbocycles. The van der Waals surface area contributed by atoms with Crippen molar-refractivity contribution in [2.24, 2.45) is 0 Å². The minimum absolute atomic E-state index is 0.0194. The molecule has 1 saturated carbocycles. The fourth-order valence-electron chi connectivity index (χ4n) is 4.78. The summed E-state index contributed by atoms with van der Waals surface area (Å²) in [5, 5.41) is 3.27. The summed E-state index contributed by atoms with van der Waals surface area (Å²) in [5.74, 6) is 1.56. The second kappa shape index (κ2) is 14.4. The molecule has 0 aromatic heterocycles. The highest BCUT2D eigenvalue weighted by Gasteiger charge is 2.31. The van der Waals surface area contributed by atoms with Crippen molar-refractivity contribution in [2.45, 2.75) is 62.9 Å². The van der Waals surface area contributed by atoms with E-state index in [9.17, 15) is 9.59 Å². The van der Waals surface area contributed by atoms with E-state index < -0.39 is 6.04 Å². The molecule has 0 bridgehead atoms. The minimum Gasteiger partial charge on any atom is -0.352 e. The Bertz CT molecular complexity index is 1120. The minimum atomic E-state index is -0.557. The Hall–Kier alpha value is -2.57. The topological polar surface area (TPSA) is 49.4 Å². The molecule has 2 amide bonds. The third kappa shape index (κ3) is 8.75. The summed E-state index contributed by atoms with van der Waals surface area (Å²) >= 11 is 5.26. The van der Waals surface area contributed by atoms with Gasteiger partial charge in [-0.2, -0.15) is 11.8 Å². The standard InChI is InChI=1S/C31H35BrN2O2S/c32-27-17-15-25(16-18-27)22-34(30(35)19-20-37-23-26-11-5-2-6-12-26)29(21-24-9-3-1-4-10-24)31(36)33-28-13-7-8-14-28/h1-6,9-12,15-18,28-29H,7-8,13-14,19-23H2,(H,33,36)/t29-/m0/s1. The molecule has 1 aliphatic rings. The summed E-state index contributed by atoms with van der Waals surface area (Å²) in [6.07, 6.45) is 5.22. The predicted molar refractivity (Wildman–Crippen MR) is 156 cm³/mol. The van der Waals surface area contributed by atoms with Gasteiger partial charge in [-0.3, -0.25) is 9.59 Å². The zero-order valence-corrected chi connectivity index (χ0v) is 23.6. The van der Waals surface area contributed by atoms with Crippen molar-refractivity contribution in [1.29, 1.82) is 0 Å². The maximum Gasteiger partial charge on any atom is 0.243 e. The van der Waals surface area contributed by atoms with Crippen molar-refractivity contribution in [1.82, 2.24) is 10.2 Å². The smallest absolute Gasteiger partial charge is 0.243 e. The number of halogens is 1. The van der Waals surface area contributed by atoms with Gasteiger partial charge >= 0.3 is 0 Å². The lowest BCUT2D eigenvalue weighted by Gasteiger charge is -2.32. The summed E-state index contributed by atoms with van der Waals surface area (Å²) in [4.78, 5) is 29.2. The molecule has 1 aliphatic carbocycles. The summed E-state index contributed by atoms with van der Waals surface area (Å²) in [7, 11) is 0. The Morgan fingerprint density at radius 1 is 0.865 bits per heavy atom. The van der Waals surface area contributed by atoms with Crippen LogP contribution in [0.3, 0.4) is 0 Å². The van der Waals surface area contributed by atoms with Crippen molar-refractivity contribution in [3.05, 3.63) is 106 Å². The monoisotopic (exact) mass is 578 g/mol. The molecule has 1 fully saturated rings. The lowest BCUT2D eigenvalue weighted by atomic mass is 10.0. The number of hydrogen-bond acceptors (Lipinski definition) is 3. The van der Waals surface area contributed by atoms with Crippen LogP contribution in [0.5, 0.6) is 0 Å². The molecule has 0 heterocycles. The zero-order valence-electron chi connectivity index (χ0n) is 21.2. The first-order chi connectivity index (χ1) is 18.1. The number of nitrogens with zero attached hydrogens (tertiary/aromatic N) is 1. The van der Waals surface area contributed by atoms with Crippen LogP contribution in [-0.4, -0.2) is 34.6 Å². The van der Waals surface area contributed by atoms with Crippen molar-refractivity contribution in [3.63, 3.8) is 0 Å². The maximum atomic E-state index is 13.7. The molecule has 194 valence electrons. The number of benzene rings is 3. The molecule has 0 spiro atoms. The molecule has 4 rings (SSSR count). The molecule has 37 heavy (non-hydrogen) atoms. The van der Waals surface area contributed by atoms with E-state index in [0.29, 0.717) is 25.1 Å². The van der Waals surface area contributed by atoms with Crippen LogP contribution >= 0.6 is 27.7 Å². The molecule has 4 nitrogen and oxygen atoms in total. The second-order valence-corrected chi connectivity index (χ2v) is 11.7. The van der Waals surface area contributed by atoms with Gasteiger partial charge in [-0.05, 0) is 41.7 Å². The first-order valence-corrected chi connectivity index (χ1v) is 15.0. The normalized spacial score (nSPS) is 14.3. The van der Waals surface area contributed by atoms with E-state index >= 15 is 0 Å². The Kier molecular flexibility index (Phi) is 10.7. The van der Waals surface area contributed by atoms with Crippen LogP contribution in [-0.2, 0) is 28.3 Å². The molecule has 0 radical (unpaired) electrons. The number of nitrogens with one attached hydrogen (secondary N) is 1. The zero-order chi connectivity index (χ0) is 25.9. The van der Waals surface area contributed by atoms with Crippen LogP contribution < -0.4 is 5.32 Å². The molecule has 0 unspecified atom stereocenters. The average molecular weight is 580 g/mol. The number of carbonyl (C=O) groups is 2. The fourth-order valence-corrected chi connectivity index (χ4v) is 5.93. The van der Waals surface area contributed by atoms with E-state index in [1.54, 1.807) is 11.8 Å². The number of amides is 2. The third-order valence-corrected chi connectivity index (χ3v) is 8.37. The number of carbonyl (C=O) groups excluding carboxylic acids is 2. The van der Waals surface area contributed by atoms with E-state index in [1.807, 2.05) is 77.7 Å². The predicted octanol–water partition coefficient (Wildman–Crippen LogP) is 6.77. The van der Waals surface area contributed by atoms with E-state index in [0.717, 1.165) is 47.0 Å². The van der Waals surface area contributed by atoms with Crippen molar-refractivity contribution >= 4 is 39.5 Å². The Morgan fingerprint density at radius 2 is 1.49 bits per heavy atom. The summed E-state index contributed by atoms with van der Waals surface area (Å²) < 4.78 is 0.992. The van der Waals surface area contributed by atoms with Gasteiger partial charge in [0.2, 0.25) is 11.8 Å². The molecule has 6 heteroatoms. The van der Waals surface area contributed by atoms with E-state index in [2.05, 4.69) is 33.4 Å². The first kappa shape index (κ1) is 27.5. The first-order valence-electron chi connectivity index (χ1n) is 13.1. The lowest BCUT2D eigenvalue weighted by Crippen LogP contribution is -2.52. The highest BCUT2D eigenvalue weighted by Crippen LogP contribution is 2.22. The molecule has 1 N–H and O–H groups in total. The van der Waals surface area contributed by atoms with Gasteiger partial charge < -0.3 is 10.2 Å². The van der Waals surface area contributed by atoms with E-state index in [1.165, 1.54) is 5.56 Å². The van der Waals surface area contributed by atoms with Gasteiger partial charge in [0.1, 0.15) is 6.04 Å². The Balaban J connectivity index is 1.52. The average Bonchev–Trinajstić information content (AvgIpc) is 3.44. The third-order valence-electron chi connectivity index (χ3n) is 6.81. The van der Waals surface area contributed by atoms with Gasteiger partial charge in [0.25, 0.3) is 0 Å². The fraction of sp³-hybridized carbons (Fsp3) is 0.355. The van der Waals surface area contributed by atoms with Crippen LogP contribution in [0.1, 0.15) is 48.8 Å². The second-order valence-electron chi connectivity index (χ2n) is 9.63. The lowest BCUT2D eigenvalue weighted by molar-refractivity contribution is -0.141. The Morgan fingerprint density at radius 3 is 2.14 bits per heavy atom. The van der Waals surface area contributed by atoms with Crippen molar-refractivity contribution in [2.75, 3.05) is 5.75 Å². The van der Waals surface area contributed by atoms with E-state index in [-0.39, 0.29) is 17.9 Å². The van der Waals surface area contributed by atoms with Crippen molar-refractivity contribution in [3.8, 4) is 0 Å². The Labute approximate surface area is 233 Å². The number of rotatable bonds is 12. The van der Waals surface area contributed by atoms with Crippen LogP contribution in [0.2, 0.25) is 0 Å². The molecule has 0 aliphatic heterocycles. The van der Waals surface area contributed by atoms with Gasteiger partial charge in [0, 0.05) is 41.4 Å². The van der Waals surface area contributed by atoms with Crippen LogP contribution in [0, 0.1) is 0 Å². The maximum absolute atomic E-state index is 13.7. The summed E-state index contributed by atoms with van der Waals surface area (Å²) in [5.41, 5.74) is 3.32. The summed E-state index contributed by atoms with van der Waals surface area (Å²) in [6, 6.07) is 28.0. The van der Waals surface area contributed by atoms with Crippen LogP contribution in [0.4, 0.5) is 0 Å². The van der Waals surface area contributed by atoms with E-state index in [4.69, 9.17) is 0 Å². The quantitative estimate of drug-likeness (QED) is 0.241. The highest BCUT2D eigenvalue weighted by atomic mass is 79.9. The number of thioether (sulfide) groups is 1. The van der Waals surface area contributed by atoms with Gasteiger partial charge in [0.15, 0.2) is 0 Å². The molecule has 1 atom stereocenters. The highest BCUT2D eigenvalue weighted by molar-refractivity contribution is 9.10. The van der Waals surface area contributed by atoms with Crippen LogP contribution in [0.25, 0.3) is 0 Å². The molecular weight excluding hydrogens is 544 g/mol. The SMILES string of the molecule is O=C(NC1CCCC1)[C@H](Cc1ccccc1)N(Cc1ccc(Br)cc1)C(=O)CCSCc1ccccc1.